The summed E-state index contributed by atoms with van der Waals surface area (Å²) >= 11 is 0. The molecule has 3 N–H and O–H groups in total. The van der Waals surface area contributed by atoms with Gasteiger partial charge >= 0.3 is 0 Å². The molecule has 2 heterocycles. The van der Waals surface area contributed by atoms with Crippen molar-refractivity contribution < 1.29 is 13.2 Å². The number of benzene rings is 2. The number of amides is 1. The van der Waals surface area contributed by atoms with Gasteiger partial charge in [0.15, 0.2) is 0 Å². The molecule has 0 aliphatic carbocycles. The zero-order valence-electron chi connectivity index (χ0n) is 12.0. The Bertz CT molecular complexity index is 1040. The average molecular weight is 327 g/mol. The van der Waals surface area contributed by atoms with Crippen molar-refractivity contribution in [2.75, 3.05) is 10.0 Å². The fourth-order valence-corrected chi connectivity index (χ4v) is 3.80. The minimum atomic E-state index is -3.70. The third kappa shape index (κ3) is 2.44. The summed E-state index contributed by atoms with van der Waals surface area (Å²) in [4.78, 5) is 14.6. The van der Waals surface area contributed by atoms with Gasteiger partial charge in [-0.3, -0.25) is 9.52 Å². The summed E-state index contributed by atoms with van der Waals surface area (Å²) in [7, 11) is -3.70. The molecule has 2 aromatic carbocycles. The van der Waals surface area contributed by atoms with Gasteiger partial charge in [0.2, 0.25) is 5.91 Å². The molecule has 23 heavy (non-hydrogen) atoms. The van der Waals surface area contributed by atoms with Crippen molar-refractivity contribution in [2.24, 2.45) is 0 Å². The molecule has 1 aromatic heterocycles. The standard InChI is InChI=1S/C16H13N3O3S/c20-16-9-11-8-13(2-4-15(11)18-16)23(21,22)19-12-1-3-14-10(7-12)5-6-17-14/h1-8,17,19H,9H2,(H,18,20). The molecule has 0 radical (unpaired) electrons. The highest BCUT2D eigenvalue weighted by molar-refractivity contribution is 7.92. The van der Waals surface area contributed by atoms with Crippen LogP contribution < -0.4 is 10.0 Å². The lowest BCUT2D eigenvalue weighted by Crippen LogP contribution is -2.13. The van der Waals surface area contributed by atoms with Crippen molar-refractivity contribution in [3.8, 4) is 0 Å². The predicted octanol–water partition coefficient (Wildman–Crippen LogP) is 2.46. The lowest BCUT2D eigenvalue weighted by Gasteiger charge is -2.09. The summed E-state index contributed by atoms with van der Waals surface area (Å²) in [5.41, 5.74) is 2.79. The van der Waals surface area contributed by atoms with E-state index in [0.717, 1.165) is 10.9 Å². The zero-order valence-corrected chi connectivity index (χ0v) is 12.8. The Morgan fingerprint density at radius 2 is 1.91 bits per heavy atom. The maximum atomic E-state index is 12.5. The van der Waals surface area contributed by atoms with E-state index in [-0.39, 0.29) is 17.2 Å². The SMILES string of the molecule is O=C1Cc2cc(S(=O)(=O)Nc3ccc4[nH]ccc4c3)ccc2N1. The van der Waals surface area contributed by atoms with Crippen molar-refractivity contribution in [3.05, 3.63) is 54.2 Å². The molecule has 3 aromatic rings. The van der Waals surface area contributed by atoms with E-state index in [0.29, 0.717) is 16.9 Å². The molecule has 0 spiro atoms. The third-order valence-corrected chi connectivity index (χ3v) is 5.20. The van der Waals surface area contributed by atoms with Crippen LogP contribution in [0.3, 0.4) is 0 Å². The minimum absolute atomic E-state index is 0.125. The number of aromatic nitrogens is 1. The van der Waals surface area contributed by atoms with Gasteiger partial charge in [-0.15, -0.1) is 0 Å². The van der Waals surface area contributed by atoms with Crippen LogP contribution in [0.25, 0.3) is 10.9 Å². The second-order valence-corrected chi connectivity index (χ2v) is 7.11. The van der Waals surface area contributed by atoms with E-state index in [4.69, 9.17) is 0 Å². The van der Waals surface area contributed by atoms with E-state index >= 15 is 0 Å². The molecular weight excluding hydrogens is 314 g/mol. The molecule has 6 nitrogen and oxygen atoms in total. The zero-order chi connectivity index (χ0) is 16.0. The number of carbonyl (C=O) groups is 1. The first-order chi connectivity index (χ1) is 11.0. The summed E-state index contributed by atoms with van der Waals surface area (Å²) in [6, 6.07) is 11.8. The Morgan fingerprint density at radius 1 is 1.04 bits per heavy atom. The first-order valence-electron chi connectivity index (χ1n) is 7.04. The van der Waals surface area contributed by atoms with Crippen molar-refractivity contribution in [1.29, 1.82) is 0 Å². The molecule has 1 aliphatic rings. The van der Waals surface area contributed by atoms with Crippen LogP contribution in [0.5, 0.6) is 0 Å². The molecular formula is C16H13N3O3S. The normalized spacial score (nSPS) is 13.8. The first-order valence-corrected chi connectivity index (χ1v) is 8.52. The van der Waals surface area contributed by atoms with E-state index in [1.165, 1.54) is 12.1 Å². The number of H-pyrrole nitrogens is 1. The highest BCUT2D eigenvalue weighted by Gasteiger charge is 2.22. The number of nitrogens with one attached hydrogen (secondary N) is 3. The number of aromatic amines is 1. The molecule has 0 unspecified atom stereocenters. The second-order valence-electron chi connectivity index (χ2n) is 5.43. The molecule has 0 saturated heterocycles. The number of sulfonamides is 1. The molecule has 0 atom stereocenters. The molecule has 0 bridgehead atoms. The van der Waals surface area contributed by atoms with Gasteiger partial charge in [0.1, 0.15) is 0 Å². The van der Waals surface area contributed by atoms with Crippen molar-refractivity contribution in [2.45, 2.75) is 11.3 Å². The summed E-state index contributed by atoms with van der Waals surface area (Å²) in [5.74, 6) is -0.125. The van der Waals surface area contributed by atoms with Crippen LogP contribution in [0.2, 0.25) is 0 Å². The summed E-state index contributed by atoms with van der Waals surface area (Å²) < 4.78 is 27.6. The van der Waals surface area contributed by atoms with Crippen molar-refractivity contribution >= 4 is 38.2 Å². The summed E-state index contributed by atoms with van der Waals surface area (Å²) in [6.45, 7) is 0. The summed E-state index contributed by atoms with van der Waals surface area (Å²) in [6.07, 6.45) is 2.00. The van der Waals surface area contributed by atoms with Gasteiger partial charge in [-0.05, 0) is 48.0 Å². The fourth-order valence-electron chi connectivity index (χ4n) is 2.70. The smallest absolute Gasteiger partial charge is 0.261 e. The van der Waals surface area contributed by atoms with Gasteiger partial charge in [0, 0.05) is 28.5 Å². The van der Waals surface area contributed by atoms with Crippen LogP contribution in [0.1, 0.15) is 5.56 Å². The topological polar surface area (TPSA) is 91.1 Å². The van der Waals surface area contributed by atoms with Gasteiger partial charge in [-0.25, -0.2) is 8.42 Å². The number of hydrogen-bond acceptors (Lipinski definition) is 3. The number of rotatable bonds is 3. The van der Waals surface area contributed by atoms with Crippen LogP contribution in [0.15, 0.2) is 53.6 Å². The van der Waals surface area contributed by atoms with Gasteiger partial charge in [-0.1, -0.05) is 0 Å². The lowest BCUT2D eigenvalue weighted by molar-refractivity contribution is -0.115. The second kappa shape index (κ2) is 4.85. The molecule has 4 rings (SSSR count). The lowest BCUT2D eigenvalue weighted by atomic mass is 10.2. The maximum absolute atomic E-state index is 12.5. The maximum Gasteiger partial charge on any atom is 0.261 e. The van der Waals surface area contributed by atoms with Crippen LogP contribution in [0.4, 0.5) is 11.4 Å². The number of anilines is 2. The monoisotopic (exact) mass is 327 g/mol. The van der Waals surface area contributed by atoms with E-state index in [1.807, 2.05) is 12.1 Å². The highest BCUT2D eigenvalue weighted by atomic mass is 32.2. The Balaban J connectivity index is 1.67. The Kier molecular flexibility index (Phi) is 2.92. The minimum Gasteiger partial charge on any atom is -0.361 e. The predicted molar refractivity (Wildman–Crippen MR) is 87.9 cm³/mol. The molecule has 1 amide bonds. The molecule has 0 fully saturated rings. The van der Waals surface area contributed by atoms with Gasteiger partial charge in [0.25, 0.3) is 10.0 Å². The molecule has 116 valence electrons. The third-order valence-electron chi connectivity index (χ3n) is 3.82. The number of fused-ring (bicyclic) bond motifs is 2. The Hall–Kier alpha value is -2.80. The van der Waals surface area contributed by atoms with E-state index in [2.05, 4.69) is 15.0 Å². The molecule has 1 aliphatic heterocycles. The molecule has 0 saturated carbocycles. The first kappa shape index (κ1) is 13.8. The summed E-state index contributed by atoms with van der Waals surface area (Å²) in [5, 5.41) is 3.61. The highest BCUT2D eigenvalue weighted by Crippen LogP contribution is 2.27. The van der Waals surface area contributed by atoms with Crippen LogP contribution in [0, 0.1) is 0 Å². The van der Waals surface area contributed by atoms with Crippen molar-refractivity contribution in [3.63, 3.8) is 0 Å². The fraction of sp³-hybridized carbons (Fsp3) is 0.0625. The van der Waals surface area contributed by atoms with Crippen LogP contribution >= 0.6 is 0 Å². The Morgan fingerprint density at radius 3 is 2.78 bits per heavy atom. The van der Waals surface area contributed by atoms with E-state index in [9.17, 15) is 13.2 Å². The number of carbonyl (C=O) groups excluding carboxylic acids is 1. The van der Waals surface area contributed by atoms with E-state index in [1.54, 1.807) is 24.4 Å². The number of hydrogen-bond donors (Lipinski definition) is 3. The average Bonchev–Trinajstić information content (AvgIpc) is 3.10. The largest absolute Gasteiger partial charge is 0.361 e. The van der Waals surface area contributed by atoms with E-state index < -0.39 is 10.0 Å². The van der Waals surface area contributed by atoms with Crippen LogP contribution in [-0.2, 0) is 21.2 Å². The quantitative estimate of drug-likeness (QED) is 0.690. The van der Waals surface area contributed by atoms with Crippen molar-refractivity contribution in [1.82, 2.24) is 4.98 Å². The van der Waals surface area contributed by atoms with Gasteiger partial charge in [-0.2, -0.15) is 0 Å². The molecule has 7 heteroatoms. The van der Waals surface area contributed by atoms with Gasteiger partial charge in [0.05, 0.1) is 11.3 Å². The van der Waals surface area contributed by atoms with Gasteiger partial charge < -0.3 is 10.3 Å². The Labute approximate surface area is 132 Å². The van der Waals surface area contributed by atoms with Crippen LogP contribution in [-0.4, -0.2) is 19.3 Å².